The number of benzene rings is 7. The zero-order valence-electron chi connectivity index (χ0n) is 26.9. The molecule has 2 aliphatic heterocycles. The average Bonchev–Trinajstić information content (AvgIpc) is 3.13. The first-order valence-electron chi connectivity index (χ1n) is 16.2. The quantitative estimate of drug-likeness (QED) is 0.0834. The van der Waals surface area contributed by atoms with Gasteiger partial charge in [-0.1, -0.05) is 72.8 Å². The summed E-state index contributed by atoms with van der Waals surface area (Å²) < 4.78 is 0. The minimum Gasteiger partial charge on any atom is -0.269 e. The van der Waals surface area contributed by atoms with Gasteiger partial charge in [-0.15, -0.1) is 0 Å². The first kappa shape index (κ1) is 28.8. The van der Waals surface area contributed by atoms with Crippen molar-refractivity contribution in [2.75, 3.05) is 0 Å². The fourth-order valence-corrected chi connectivity index (χ4v) is 8.24. The van der Waals surface area contributed by atoms with Crippen LogP contribution in [-0.2, 0) is 0 Å². The molecule has 0 aliphatic carbocycles. The van der Waals surface area contributed by atoms with E-state index in [9.17, 15) is 19.2 Å². The molecular formula is C42H27N3O4. The van der Waals surface area contributed by atoms with E-state index in [0.29, 0.717) is 49.2 Å². The van der Waals surface area contributed by atoms with Crippen LogP contribution in [0.15, 0.2) is 97.1 Å². The second-order valence-electron chi connectivity index (χ2n) is 13.0. The van der Waals surface area contributed by atoms with E-state index in [1.807, 2.05) is 99.6 Å². The lowest BCUT2D eigenvalue weighted by molar-refractivity contribution is 0.0534. The Morgan fingerprint density at radius 3 is 1.43 bits per heavy atom. The highest BCUT2D eigenvalue weighted by molar-refractivity contribution is 6.43. The third kappa shape index (κ3) is 3.66. The van der Waals surface area contributed by atoms with Crippen molar-refractivity contribution < 1.29 is 19.2 Å². The monoisotopic (exact) mass is 637 g/mol. The standard InChI is InChI=1S/C42H27N3O4/c1-21-19-30-34-28(39(46)44(41(30)48)22(2)24-11-7-5-8-12-24)18-16-27-36-32(43-4)20-31-35-29(17-15-26(38(35)36)33(21)37(27)34)40(47)45(42(31)49)23(3)25-13-9-6-10-14-25/h5-20,22-23H,1-3H3. The van der Waals surface area contributed by atoms with Gasteiger partial charge in [0.25, 0.3) is 23.6 Å². The summed E-state index contributed by atoms with van der Waals surface area (Å²) >= 11 is 0. The average molecular weight is 638 g/mol. The van der Waals surface area contributed by atoms with Gasteiger partial charge in [0.1, 0.15) is 0 Å². The largest absolute Gasteiger partial charge is 0.269 e. The molecule has 0 bridgehead atoms. The molecule has 0 fully saturated rings. The van der Waals surface area contributed by atoms with Crippen molar-refractivity contribution in [2.24, 2.45) is 0 Å². The minimum absolute atomic E-state index is 0.271. The number of carbonyl (C=O) groups is 4. The zero-order chi connectivity index (χ0) is 33.9. The fourth-order valence-electron chi connectivity index (χ4n) is 8.24. The number of hydrogen-bond acceptors (Lipinski definition) is 4. The summed E-state index contributed by atoms with van der Waals surface area (Å²) in [6, 6.07) is 28.6. The molecule has 2 aliphatic rings. The van der Waals surface area contributed by atoms with Crippen LogP contribution in [-0.4, -0.2) is 33.4 Å². The lowest BCUT2D eigenvalue weighted by Gasteiger charge is -2.34. The van der Waals surface area contributed by atoms with E-state index < -0.39 is 23.9 Å². The molecule has 0 spiro atoms. The van der Waals surface area contributed by atoms with Crippen LogP contribution in [0, 0.1) is 13.5 Å². The third-order valence-electron chi connectivity index (χ3n) is 10.5. The summed E-state index contributed by atoms with van der Waals surface area (Å²) in [4.78, 5) is 63.4. The predicted molar refractivity (Wildman–Crippen MR) is 189 cm³/mol. The summed E-state index contributed by atoms with van der Waals surface area (Å²) in [6.45, 7) is 13.9. The van der Waals surface area contributed by atoms with Crippen molar-refractivity contribution in [3.05, 3.63) is 147 Å². The van der Waals surface area contributed by atoms with Crippen LogP contribution < -0.4 is 0 Å². The Labute approximate surface area is 281 Å². The van der Waals surface area contributed by atoms with E-state index in [0.717, 1.165) is 32.8 Å². The van der Waals surface area contributed by atoms with Crippen molar-refractivity contribution in [2.45, 2.75) is 32.9 Å². The zero-order valence-corrected chi connectivity index (χ0v) is 26.9. The Bertz CT molecular complexity index is 2690. The van der Waals surface area contributed by atoms with Crippen LogP contribution >= 0.6 is 0 Å². The summed E-state index contributed by atoms with van der Waals surface area (Å²) in [5.74, 6) is -1.58. The van der Waals surface area contributed by atoms with Crippen LogP contribution in [0.3, 0.4) is 0 Å². The highest BCUT2D eigenvalue weighted by Gasteiger charge is 2.40. The molecule has 4 amide bonds. The molecule has 49 heavy (non-hydrogen) atoms. The molecule has 2 unspecified atom stereocenters. The molecule has 0 N–H and O–H groups in total. The van der Waals surface area contributed by atoms with Crippen LogP contribution in [0.2, 0.25) is 0 Å². The van der Waals surface area contributed by atoms with E-state index in [2.05, 4.69) is 4.85 Å². The van der Waals surface area contributed by atoms with Gasteiger partial charge in [0.2, 0.25) is 0 Å². The molecule has 7 aromatic rings. The van der Waals surface area contributed by atoms with Crippen LogP contribution in [0.4, 0.5) is 5.69 Å². The third-order valence-corrected chi connectivity index (χ3v) is 10.5. The van der Waals surface area contributed by atoms with E-state index >= 15 is 0 Å². The number of carbonyl (C=O) groups excluding carboxylic acids is 4. The summed E-state index contributed by atoms with van der Waals surface area (Å²) in [7, 11) is 0. The fraction of sp³-hybridized carbons (Fsp3) is 0.119. The van der Waals surface area contributed by atoms with Crippen molar-refractivity contribution in [1.82, 2.24) is 9.80 Å². The number of amides is 4. The van der Waals surface area contributed by atoms with Gasteiger partial charge < -0.3 is 0 Å². The SMILES string of the molecule is [C-]#[N+]c1cc2c3c(ccc4c5c(C)cc6c7c(ccc(c1c34)c75)C(=O)N(C(C)c1ccccc1)C6=O)C(=O)N(C(C)c1ccccc1)C2=O. The summed E-state index contributed by atoms with van der Waals surface area (Å²) in [5, 5.41) is 5.38. The van der Waals surface area contributed by atoms with Crippen molar-refractivity contribution in [3.63, 3.8) is 0 Å². The molecule has 7 aromatic carbocycles. The predicted octanol–water partition coefficient (Wildman–Crippen LogP) is 9.31. The van der Waals surface area contributed by atoms with Gasteiger partial charge in [-0.25, -0.2) is 4.85 Å². The summed E-state index contributed by atoms with van der Waals surface area (Å²) in [5.41, 5.74) is 4.34. The molecule has 9 rings (SSSR count). The van der Waals surface area contributed by atoms with Crippen LogP contribution in [0.25, 0.3) is 47.9 Å². The molecule has 234 valence electrons. The second-order valence-corrected chi connectivity index (χ2v) is 13.0. The molecule has 0 saturated carbocycles. The highest BCUT2D eigenvalue weighted by Crippen LogP contribution is 2.51. The molecule has 2 heterocycles. The number of rotatable bonds is 4. The van der Waals surface area contributed by atoms with Crippen molar-refractivity contribution in [1.29, 1.82) is 0 Å². The molecule has 7 nitrogen and oxygen atoms in total. The van der Waals surface area contributed by atoms with Gasteiger partial charge >= 0.3 is 0 Å². The van der Waals surface area contributed by atoms with Gasteiger partial charge in [-0.2, -0.15) is 0 Å². The Morgan fingerprint density at radius 1 is 0.510 bits per heavy atom. The Kier molecular flexibility index (Phi) is 5.91. The maximum Gasteiger partial charge on any atom is 0.261 e. The van der Waals surface area contributed by atoms with Gasteiger partial charge in [0.15, 0.2) is 5.69 Å². The minimum atomic E-state index is -0.522. The maximum atomic E-state index is 14.2. The van der Waals surface area contributed by atoms with Crippen molar-refractivity contribution in [3.8, 4) is 0 Å². The molecule has 0 saturated heterocycles. The molecular weight excluding hydrogens is 610 g/mol. The van der Waals surface area contributed by atoms with E-state index in [4.69, 9.17) is 6.57 Å². The molecule has 0 aromatic heterocycles. The normalized spacial score (nSPS) is 15.6. The van der Waals surface area contributed by atoms with E-state index in [1.165, 1.54) is 9.80 Å². The van der Waals surface area contributed by atoms with E-state index in [1.54, 1.807) is 18.2 Å². The maximum absolute atomic E-state index is 14.2. The number of nitrogens with zero attached hydrogens (tertiary/aromatic N) is 3. The smallest absolute Gasteiger partial charge is 0.261 e. The lowest BCUT2D eigenvalue weighted by atomic mass is 9.80. The Balaban J connectivity index is 1.33. The number of aryl methyl sites for hydroxylation is 1. The topological polar surface area (TPSA) is 79.1 Å². The highest BCUT2D eigenvalue weighted by atomic mass is 16.2. The number of imide groups is 2. The lowest BCUT2D eigenvalue weighted by Crippen LogP contribution is -2.42. The van der Waals surface area contributed by atoms with Gasteiger partial charge in [-0.3, -0.25) is 29.0 Å². The van der Waals surface area contributed by atoms with Crippen LogP contribution in [0.5, 0.6) is 0 Å². The van der Waals surface area contributed by atoms with Gasteiger partial charge in [0.05, 0.1) is 18.7 Å². The van der Waals surface area contributed by atoms with E-state index in [-0.39, 0.29) is 17.5 Å². The van der Waals surface area contributed by atoms with Crippen molar-refractivity contribution >= 4 is 72.4 Å². The number of hydrogen-bond donors (Lipinski definition) is 0. The van der Waals surface area contributed by atoms with Crippen LogP contribution in [0.1, 0.15) is 84.1 Å². The van der Waals surface area contributed by atoms with Gasteiger partial charge in [-0.05, 0) is 94.0 Å². The Hall–Kier alpha value is -6.39. The molecule has 7 heteroatoms. The second kappa shape index (κ2) is 10.1. The first-order valence-corrected chi connectivity index (χ1v) is 16.2. The first-order chi connectivity index (χ1) is 23.7. The number of fused-ring (bicyclic) bond motifs is 2. The summed E-state index contributed by atoms with van der Waals surface area (Å²) in [6.07, 6.45) is 0. The molecule has 2 atom stereocenters. The Morgan fingerprint density at radius 2 is 0.939 bits per heavy atom. The van der Waals surface area contributed by atoms with Gasteiger partial charge in [0, 0.05) is 33.0 Å². The molecule has 0 radical (unpaired) electrons.